The topological polar surface area (TPSA) is 55.4 Å². The molecule has 0 aliphatic heterocycles. The lowest BCUT2D eigenvalue weighted by Crippen LogP contribution is -2.43. The number of ether oxygens (including phenoxy) is 1. The molecule has 2 rings (SSSR count). The van der Waals surface area contributed by atoms with Gasteiger partial charge in [-0.3, -0.25) is 4.79 Å². The summed E-state index contributed by atoms with van der Waals surface area (Å²) in [6, 6.07) is 9.36. The second kappa shape index (κ2) is 7.88. The first kappa shape index (κ1) is 17.9. The van der Waals surface area contributed by atoms with Crippen molar-refractivity contribution < 1.29 is 23.1 Å². The highest BCUT2D eigenvalue weighted by Crippen LogP contribution is 2.20. The third-order valence-electron chi connectivity index (χ3n) is 3.33. The van der Waals surface area contributed by atoms with Gasteiger partial charge in [-0.25, -0.2) is 13.6 Å². The van der Waals surface area contributed by atoms with Crippen LogP contribution in [-0.4, -0.2) is 25.0 Å². The standard InChI is InChI=1S/C17H14ClF2NO3/c1-24-17(23)15(7-10-5-3-2-4-6-10)21-16(22)11-8-13(19)14(20)9-12(11)18/h2-6,8-9,15H,7H2,1H3,(H,21,22)/t15-/m1/s1. The lowest BCUT2D eigenvalue weighted by molar-refractivity contribution is -0.142. The maximum absolute atomic E-state index is 13.3. The summed E-state index contributed by atoms with van der Waals surface area (Å²) in [4.78, 5) is 24.1. The molecule has 1 atom stereocenters. The van der Waals surface area contributed by atoms with Crippen LogP contribution in [0.25, 0.3) is 0 Å². The van der Waals surface area contributed by atoms with Crippen molar-refractivity contribution in [1.82, 2.24) is 5.32 Å². The molecule has 0 unspecified atom stereocenters. The van der Waals surface area contributed by atoms with Crippen LogP contribution < -0.4 is 5.32 Å². The van der Waals surface area contributed by atoms with Gasteiger partial charge in [0.25, 0.3) is 5.91 Å². The first-order chi connectivity index (χ1) is 11.4. The van der Waals surface area contributed by atoms with E-state index in [2.05, 4.69) is 10.1 Å². The van der Waals surface area contributed by atoms with Gasteiger partial charge in [0.05, 0.1) is 17.7 Å². The van der Waals surface area contributed by atoms with Crippen molar-refractivity contribution in [2.45, 2.75) is 12.5 Å². The van der Waals surface area contributed by atoms with Gasteiger partial charge < -0.3 is 10.1 Å². The number of carbonyl (C=O) groups excluding carboxylic acids is 2. The Hall–Kier alpha value is -2.47. The summed E-state index contributed by atoms with van der Waals surface area (Å²) >= 11 is 5.77. The average molecular weight is 354 g/mol. The first-order valence-electron chi connectivity index (χ1n) is 6.99. The Morgan fingerprint density at radius 3 is 2.42 bits per heavy atom. The maximum Gasteiger partial charge on any atom is 0.328 e. The summed E-state index contributed by atoms with van der Waals surface area (Å²) in [7, 11) is 1.19. The number of hydrogen-bond acceptors (Lipinski definition) is 3. The maximum atomic E-state index is 13.3. The molecule has 0 radical (unpaired) electrons. The fraction of sp³-hybridized carbons (Fsp3) is 0.176. The summed E-state index contributed by atoms with van der Waals surface area (Å²) < 4.78 is 31.1. The zero-order valence-electron chi connectivity index (χ0n) is 12.7. The number of nitrogens with one attached hydrogen (secondary N) is 1. The monoisotopic (exact) mass is 353 g/mol. The van der Waals surface area contributed by atoms with E-state index in [0.717, 1.165) is 5.56 Å². The van der Waals surface area contributed by atoms with Crippen molar-refractivity contribution in [3.05, 3.63) is 70.2 Å². The predicted octanol–water partition coefficient (Wildman–Crippen LogP) is 3.13. The van der Waals surface area contributed by atoms with Crippen molar-refractivity contribution in [2.24, 2.45) is 0 Å². The zero-order chi connectivity index (χ0) is 17.7. The van der Waals surface area contributed by atoms with Crippen LogP contribution >= 0.6 is 11.6 Å². The van der Waals surface area contributed by atoms with Gasteiger partial charge in [0.1, 0.15) is 6.04 Å². The van der Waals surface area contributed by atoms with E-state index in [1.54, 1.807) is 24.3 Å². The quantitative estimate of drug-likeness (QED) is 0.663. The Kier molecular flexibility index (Phi) is 5.87. The van der Waals surface area contributed by atoms with Gasteiger partial charge in [-0.1, -0.05) is 41.9 Å². The Morgan fingerprint density at radius 1 is 1.17 bits per heavy atom. The molecule has 0 heterocycles. The number of methoxy groups -OCH3 is 1. The Balaban J connectivity index is 2.21. The van der Waals surface area contributed by atoms with Crippen molar-refractivity contribution in [3.8, 4) is 0 Å². The first-order valence-corrected chi connectivity index (χ1v) is 7.37. The molecule has 1 N–H and O–H groups in total. The van der Waals surface area contributed by atoms with E-state index < -0.39 is 29.6 Å². The van der Waals surface area contributed by atoms with Crippen molar-refractivity contribution in [3.63, 3.8) is 0 Å². The highest BCUT2D eigenvalue weighted by molar-refractivity contribution is 6.33. The number of hydrogen-bond donors (Lipinski definition) is 1. The van der Waals surface area contributed by atoms with E-state index in [1.807, 2.05) is 6.07 Å². The molecule has 0 aliphatic rings. The minimum absolute atomic E-state index is 0.181. The SMILES string of the molecule is COC(=O)[C@@H](Cc1ccccc1)NC(=O)c1cc(F)c(F)cc1Cl. The molecule has 2 aromatic rings. The lowest BCUT2D eigenvalue weighted by atomic mass is 10.1. The summed E-state index contributed by atoms with van der Waals surface area (Å²) in [6.07, 6.45) is 0.181. The van der Waals surface area contributed by atoms with Crippen LogP contribution in [0.3, 0.4) is 0 Å². The molecule has 0 aliphatic carbocycles. The largest absolute Gasteiger partial charge is 0.467 e. The summed E-state index contributed by atoms with van der Waals surface area (Å²) in [5.41, 5.74) is 0.530. The second-order valence-corrected chi connectivity index (χ2v) is 5.39. The van der Waals surface area contributed by atoms with Crippen LogP contribution in [0.1, 0.15) is 15.9 Å². The fourth-order valence-electron chi connectivity index (χ4n) is 2.12. The molecule has 0 aromatic heterocycles. The van der Waals surface area contributed by atoms with Gasteiger partial charge in [-0.05, 0) is 17.7 Å². The zero-order valence-corrected chi connectivity index (χ0v) is 13.4. The molecular formula is C17H14ClF2NO3. The minimum atomic E-state index is -1.21. The van der Waals surface area contributed by atoms with E-state index >= 15 is 0 Å². The number of carbonyl (C=O) groups is 2. The molecule has 2 aromatic carbocycles. The molecule has 0 fully saturated rings. The van der Waals surface area contributed by atoms with Gasteiger partial charge in [-0.15, -0.1) is 0 Å². The average Bonchev–Trinajstić information content (AvgIpc) is 2.57. The van der Waals surface area contributed by atoms with E-state index in [9.17, 15) is 18.4 Å². The smallest absolute Gasteiger partial charge is 0.328 e. The molecule has 24 heavy (non-hydrogen) atoms. The predicted molar refractivity (Wildman–Crippen MR) is 84.8 cm³/mol. The third kappa shape index (κ3) is 4.29. The van der Waals surface area contributed by atoms with Gasteiger partial charge in [0, 0.05) is 6.42 Å². The second-order valence-electron chi connectivity index (χ2n) is 4.99. The number of amides is 1. The number of rotatable bonds is 5. The molecular weight excluding hydrogens is 340 g/mol. The van der Waals surface area contributed by atoms with Gasteiger partial charge in [0.15, 0.2) is 11.6 Å². The van der Waals surface area contributed by atoms with Crippen LogP contribution in [0.4, 0.5) is 8.78 Å². The number of esters is 1. The molecule has 0 bridgehead atoms. The van der Waals surface area contributed by atoms with Crippen molar-refractivity contribution >= 4 is 23.5 Å². The molecule has 0 spiro atoms. The molecule has 126 valence electrons. The van der Waals surface area contributed by atoms with Gasteiger partial charge in [-0.2, -0.15) is 0 Å². The fourth-order valence-corrected chi connectivity index (χ4v) is 2.35. The van der Waals surface area contributed by atoms with E-state index in [1.165, 1.54) is 7.11 Å². The van der Waals surface area contributed by atoms with Crippen LogP contribution in [-0.2, 0) is 16.0 Å². The molecule has 0 saturated carbocycles. The van der Waals surface area contributed by atoms with Gasteiger partial charge >= 0.3 is 5.97 Å². The molecule has 7 heteroatoms. The molecule has 0 saturated heterocycles. The van der Waals surface area contributed by atoms with E-state index in [4.69, 9.17) is 11.6 Å². The highest BCUT2D eigenvalue weighted by atomic mass is 35.5. The number of halogens is 3. The molecule has 1 amide bonds. The Labute approximate surface area is 142 Å². The lowest BCUT2D eigenvalue weighted by Gasteiger charge is -2.17. The van der Waals surface area contributed by atoms with Crippen LogP contribution in [0.2, 0.25) is 5.02 Å². The normalized spacial score (nSPS) is 11.7. The van der Waals surface area contributed by atoms with E-state index in [0.29, 0.717) is 12.1 Å². The highest BCUT2D eigenvalue weighted by Gasteiger charge is 2.24. The van der Waals surface area contributed by atoms with Gasteiger partial charge in [0.2, 0.25) is 0 Å². The minimum Gasteiger partial charge on any atom is -0.467 e. The Morgan fingerprint density at radius 2 is 1.79 bits per heavy atom. The van der Waals surface area contributed by atoms with Crippen molar-refractivity contribution in [1.29, 1.82) is 0 Å². The number of benzene rings is 2. The van der Waals surface area contributed by atoms with Crippen LogP contribution in [0.15, 0.2) is 42.5 Å². The molecule has 4 nitrogen and oxygen atoms in total. The summed E-state index contributed by atoms with van der Waals surface area (Å²) in [5.74, 6) is -3.83. The summed E-state index contributed by atoms with van der Waals surface area (Å²) in [5, 5.41) is 2.18. The van der Waals surface area contributed by atoms with Crippen molar-refractivity contribution in [2.75, 3.05) is 7.11 Å². The van der Waals surface area contributed by atoms with E-state index in [-0.39, 0.29) is 17.0 Å². The van der Waals surface area contributed by atoms with Crippen LogP contribution in [0.5, 0.6) is 0 Å². The van der Waals surface area contributed by atoms with Crippen LogP contribution in [0, 0.1) is 11.6 Å². The third-order valence-corrected chi connectivity index (χ3v) is 3.64. The summed E-state index contributed by atoms with van der Waals surface area (Å²) in [6.45, 7) is 0. The Bertz CT molecular complexity index is 753.